The molecule has 0 amide bonds. The molecule has 1 aromatic rings. The van der Waals surface area contributed by atoms with E-state index in [0.717, 1.165) is 31.4 Å². The molecule has 0 bridgehead atoms. The quantitative estimate of drug-likeness (QED) is 0.787. The summed E-state index contributed by atoms with van der Waals surface area (Å²) in [6.45, 7) is 1.71. The van der Waals surface area contributed by atoms with Crippen molar-refractivity contribution < 1.29 is 9.13 Å². The van der Waals surface area contributed by atoms with Crippen molar-refractivity contribution in [2.75, 3.05) is 13.2 Å². The van der Waals surface area contributed by atoms with Crippen molar-refractivity contribution in [1.29, 1.82) is 0 Å². The van der Waals surface area contributed by atoms with Gasteiger partial charge in [0.1, 0.15) is 0 Å². The number of hydrogen-bond acceptors (Lipinski definition) is 2. The molecule has 1 fully saturated rings. The molecule has 2 aliphatic rings. The second-order valence-corrected chi connectivity index (χ2v) is 4.55. The largest absolute Gasteiger partial charge is 0.490 e. The lowest BCUT2D eigenvalue weighted by Gasteiger charge is -2.23. The van der Waals surface area contributed by atoms with Gasteiger partial charge in [0, 0.05) is 11.6 Å². The molecule has 3 rings (SSSR count). The summed E-state index contributed by atoms with van der Waals surface area (Å²) >= 11 is 0. The number of halogens is 1. The number of nitrogens with one attached hydrogen (secondary N) is 1. The van der Waals surface area contributed by atoms with Gasteiger partial charge in [0.2, 0.25) is 0 Å². The topological polar surface area (TPSA) is 21.3 Å². The van der Waals surface area contributed by atoms with Crippen LogP contribution in [0, 0.1) is 5.82 Å². The van der Waals surface area contributed by atoms with Crippen molar-refractivity contribution in [2.24, 2.45) is 0 Å². The average molecular weight is 221 g/mol. The predicted molar refractivity (Wildman–Crippen MR) is 60.2 cm³/mol. The molecule has 0 aliphatic carbocycles. The third kappa shape index (κ3) is 1.59. The highest BCUT2D eigenvalue weighted by molar-refractivity contribution is 5.44. The molecule has 1 N–H and O–H groups in total. The summed E-state index contributed by atoms with van der Waals surface area (Å²) in [5, 5.41) is 3.46. The Balaban J connectivity index is 2.04. The Morgan fingerprint density at radius 3 is 3.06 bits per heavy atom. The number of hydrogen-bond donors (Lipinski definition) is 1. The molecule has 0 radical (unpaired) electrons. The van der Waals surface area contributed by atoms with E-state index in [4.69, 9.17) is 4.74 Å². The van der Waals surface area contributed by atoms with Gasteiger partial charge < -0.3 is 10.1 Å². The summed E-state index contributed by atoms with van der Waals surface area (Å²) < 4.78 is 19.0. The van der Waals surface area contributed by atoms with E-state index in [1.165, 1.54) is 12.0 Å². The van der Waals surface area contributed by atoms with Crippen LogP contribution in [0.15, 0.2) is 12.1 Å². The second-order valence-electron chi connectivity index (χ2n) is 4.55. The zero-order chi connectivity index (χ0) is 11.0. The molecule has 86 valence electrons. The molecule has 0 unspecified atom stereocenters. The standard InChI is InChI=1S/C13H16FNO/c14-11-6-5-9(12-4-1-7-15-12)10-3-2-8-16-13(10)11/h5-6,12,15H,1-4,7-8H2/t12-/m0/s1. The van der Waals surface area contributed by atoms with Crippen LogP contribution >= 0.6 is 0 Å². The molecule has 0 saturated carbocycles. The Morgan fingerprint density at radius 2 is 2.25 bits per heavy atom. The van der Waals surface area contributed by atoms with Gasteiger partial charge in [-0.3, -0.25) is 0 Å². The fraction of sp³-hybridized carbons (Fsp3) is 0.538. The van der Waals surface area contributed by atoms with Gasteiger partial charge in [0.25, 0.3) is 0 Å². The monoisotopic (exact) mass is 221 g/mol. The minimum atomic E-state index is -0.212. The summed E-state index contributed by atoms with van der Waals surface area (Å²) in [6, 6.07) is 3.86. The van der Waals surface area contributed by atoms with E-state index in [-0.39, 0.29) is 5.82 Å². The maximum atomic E-state index is 13.6. The molecular weight excluding hydrogens is 205 g/mol. The van der Waals surface area contributed by atoms with E-state index >= 15 is 0 Å². The number of ether oxygens (including phenoxy) is 1. The SMILES string of the molecule is Fc1ccc([C@@H]2CCCN2)c2c1OCCC2. The molecule has 0 aromatic heterocycles. The molecule has 16 heavy (non-hydrogen) atoms. The van der Waals surface area contributed by atoms with Crippen LogP contribution in [0.4, 0.5) is 4.39 Å². The predicted octanol–water partition coefficient (Wildman–Crippen LogP) is 2.58. The minimum Gasteiger partial charge on any atom is -0.490 e. The average Bonchev–Trinajstić information content (AvgIpc) is 2.83. The van der Waals surface area contributed by atoms with Gasteiger partial charge >= 0.3 is 0 Å². The maximum absolute atomic E-state index is 13.6. The normalized spacial score (nSPS) is 23.9. The van der Waals surface area contributed by atoms with Crippen molar-refractivity contribution in [3.05, 3.63) is 29.1 Å². The fourth-order valence-corrected chi connectivity index (χ4v) is 2.73. The van der Waals surface area contributed by atoms with Crippen molar-refractivity contribution in [1.82, 2.24) is 5.32 Å². The van der Waals surface area contributed by atoms with E-state index in [1.54, 1.807) is 6.07 Å². The highest BCUT2D eigenvalue weighted by Crippen LogP contribution is 2.36. The van der Waals surface area contributed by atoms with Crippen LogP contribution in [0.2, 0.25) is 0 Å². The third-order valence-corrected chi connectivity index (χ3v) is 3.50. The molecule has 1 atom stereocenters. The van der Waals surface area contributed by atoms with Crippen molar-refractivity contribution in [2.45, 2.75) is 31.7 Å². The number of rotatable bonds is 1. The Hall–Kier alpha value is -1.09. The molecule has 0 spiro atoms. The summed E-state index contributed by atoms with van der Waals surface area (Å²) in [5.74, 6) is 0.286. The first-order chi connectivity index (χ1) is 7.86. The van der Waals surface area contributed by atoms with E-state index in [2.05, 4.69) is 5.32 Å². The summed E-state index contributed by atoms with van der Waals surface area (Å²) in [4.78, 5) is 0. The maximum Gasteiger partial charge on any atom is 0.165 e. The van der Waals surface area contributed by atoms with E-state index in [9.17, 15) is 4.39 Å². The molecule has 3 heteroatoms. The highest BCUT2D eigenvalue weighted by atomic mass is 19.1. The molecular formula is C13H16FNO. The van der Waals surface area contributed by atoms with Gasteiger partial charge in [-0.25, -0.2) is 4.39 Å². The van der Waals surface area contributed by atoms with Gasteiger partial charge in [0.05, 0.1) is 6.61 Å². The van der Waals surface area contributed by atoms with Gasteiger partial charge in [0.15, 0.2) is 11.6 Å². The summed E-state index contributed by atoms with van der Waals surface area (Å²) in [7, 11) is 0. The molecule has 2 nitrogen and oxygen atoms in total. The first kappa shape index (κ1) is 10.1. The first-order valence-corrected chi connectivity index (χ1v) is 6.04. The molecule has 1 aromatic carbocycles. The van der Waals surface area contributed by atoms with Crippen LogP contribution in [-0.4, -0.2) is 13.2 Å². The Labute approximate surface area is 94.8 Å². The van der Waals surface area contributed by atoms with Gasteiger partial charge in [-0.15, -0.1) is 0 Å². The zero-order valence-electron chi connectivity index (χ0n) is 9.26. The van der Waals surface area contributed by atoms with Gasteiger partial charge in [-0.05, 0) is 43.9 Å². The van der Waals surface area contributed by atoms with E-state index in [0.29, 0.717) is 18.4 Å². The lowest BCUT2D eigenvalue weighted by molar-refractivity contribution is 0.271. The molecule has 2 aliphatic heterocycles. The van der Waals surface area contributed by atoms with E-state index < -0.39 is 0 Å². The Bertz CT molecular complexity index is 399. The van der Waals surface area contributed by atoms with Crippen LogP contribution in [0.3, 0.4) is 0 Å². The van der Waals surface area contributed by atoms with Crippen LogP contribution < -0.4 is 10.1 Å². The summed E-state index contributed by atoms with van der Waals surface area (Å²) in [5.41, 5.74) is 2.33. The van der Waals surface area contributed by atoms with Crippen molar-refractivity contribution >= 4 is 0 Å². The Morgan fingerprint density at radius 1 is 1.31 bits per heavy atom. The lowest BCUT2D eigenvalue weighted by atomic mass is 9.94. The zero-order valence-corrected chi connectivity index (χ0v) is 9.26. The van der Waals surface area contributed by atoms with Crippen LogP contribution in [0.25, 0.3) is 0 Å². The molecule has 1 saturated heterocycles. The Kier molecular flexibility index (Phi) is 2.56. The fourth-order valence-electron chi connectivity index (χ4n) is 2.73. The number of benzene rings is 1. The van der Waals surface area contributed by atoms with Crippen LogP contribution in [0.1, 0.15) is 36.4 Å². The van der Waals surface area contributed by atoms with Crippen LogP contribution in [0.5, 0.6) is 5.75 Å². The van der Waals surface area contributed by atoms with Crippen molar-refractivity contribution in [3.63, 3.8) is 0 Å². The smallest absolute Gasteiger partial charge is 0.165 e. The van der Waals surface area contributed by atoms with Crippen molar-refractivity contribution in [3.8, 4) is 5.75 Å². The van der Waals surface area contributed by atoms with E-state index in [1.807, 2.05) is 6.07 Å². The highest BCUT2D eigenvalue weighted by Gasteiger charge is 2.24. The van der Waals surface area contributed by atoms with Gasteiger partial charge in [-0.1, -0.05) is 6.07 Å². The molecule has 2 heterocycles. The minimum absolute atomic E-state index is 0.212. The summed E-state index contributed by atoms with van der Waals surface area (Å²) in [6.07, 6.45) is 4.30. The van der Waals surface area contributed by atoms with Gasteiger partial charge in [-0.2, -0.15) is 0 Å². The number of fused-ring (bicyclic) bond motifs is 1. The second kappa shape index (κ2) is 4.06. The first-order valence-electron chi connectivity index (χ1n) is 6.04. The van der Waals surface area contributed by atoms with Crippen LogP contribution in [-0.2, 0) is 6.42 Å². The lowest BCUT2D eigenvalue weighted by Crippen LogP contribution is -2.18. The third-order valence-electron chi connectivity index (χ3n) is 3.50.